The van der Waals surface area contributed by atoms with Gasteiger partial charge in [-0.25, -0.2) is 0 Å². The van der Waals surface area contributed by atoms with Crippen molar-refractivity contribution in [2.24, 2.45) is 0 Å². The molecule has 0 amide bonds. The maximum atomic E-state index is 10.6. The predicted molar refractivity (Wildman–Crippen MR) is 73.7 cm³/mol. The number of aliphatic carboxylic acids is 1. The number of thiophene rings is 1. The summed E-state index contributed by atoms with van der Waals surface area (Å²) in [5.41, 5.74) is 3.98. The van der Waals surface area contributed by atoms with E-state index in [1.165, 1.54) is 11.3 Å². The van der Waals surface area contributed by atoms with Gasteiger partial charge in [0.15, 0.2) is 0 Å². The largest absolute Gasteiger partial charge is 0.481 e. The SMILES string of the molecule is O=C(O)Cc1ccc(CNOCc2ccccc2)s1. The van der Waals surface area contributed by atoms with E-state index in [0.717, 1.165) is 15.3 Å². The van der Waals surface area contributed by atoms with Crippen LogP contribution < -0.4 is 5.48 Å². The lowest BCUT2D eigenvalue weighted by Crippen LogP contribution is -2.12. The van der Waals surface area contributed by atoms with E-state index in [9.17, 15) is 4.79 Å². The van der Waals surface area contributed by atoms with Gasteiger partial charge in [0, 0.05) is 9.75 Å². The van der Waals surface area contributed by atoms with Gasteiger partial charge in [-0.15, -0.1) is 11.3 Å². The molecule has 0 saturated carbocycles. The monoisotopic (exact) mass is 277 g/mol. The highest BCUT2D eigenvalue weighted by Gasteiger charge is 2.04. The fourth-order valence-corrected chi connectivity index (χ4v) is 2.53. The summed E-state index contributed by atoms with van der Waals surface area (Å²) in [6.45, 7) is 1.09. The Morgan fingerprint density at radius 3 is 2.63 bits per heavy atom. The van der Waals surface area contributed by atoms with Crippen LogP contribution in [0.3, 0.4) is 0 Å². The van der Waals surface area contributed by atoms with Crippen molar-refractivity contribution in [3.63, 3.8) is 0 Å². The molecule has 0 aliphatic rings. The number of carbonyl (C=O) groups is 1. The minimum Gasteiger partial charge on any atom is -0.481 e. The Kier molecular flexibility index (Phi) is 5.09. The number of carboxylic acids is 1. The highest BCUT2D eigenvalue weighted by molar-refractivity contribution is 7.12. The van der Waals surface area contributed by atoms with Crippen LogP contribution >= 0.6 is 11.3 Å². The van der Waals surface area contributed by atoms with E-state index >= 15 is 0 Å². The average Bonchev–Trinajstić information content (AvgIpc) is 2.83. The molecule has 2 N–H and O–H groups in total. The van der Waals surface area contributed by atoms with Crippen LogP contribution in [0.4, 0.5) is 0 Å². The van der Waals surface area contributed by atoms with E-state index in [1.54, 1.807) is 0 Å². The Balaban J connectivity index is 1.71. The first-order chi connectivity index (χ1) is 9.24. The smallest absolute Gasteiger partial charge is 0.308 e. The first-order valence-corrected chi connectivity index (χ1v) is 6.73. The summed E-state index contributed by atoms with van der Waals surface area (Å²) >= 11 is 1.48. The highest BCUT2D eigenvalue weighted by atomic mass is 32.1. The van der Waals surface area contributed by atoms with Gasteiger partial charge in [-0.05, 0) is 17.7 Å². The first-order valence-electron chi connectivity index (χ1n) is 5.92. The molecule has 1 aromatic carbocycles. The van der Waals surface area contributed by atoms with E-state index in [0.29, 0.717) is 13.2 Å². The molecule has 1 heterocycles. The van der Waals surface area contributed by atoms with Crippen LogP contribution in [-0.2, 0) is 29.2 Å². The summed E-state index contributed by atoms with van der Waals surface area (Å²) in [5, 5.41) is 8.68. The molecule has 5 heteroatoms. The molecule has 1 aromatic heterocycles. The van der Waals surface area contributed by atoms with Gasteiger partial charge in [-0.2, -0.15) is 5.48 Å². The molecule has 0 radical (unpaired) electrons. The number of hydrogen-bond acceptors (Lipinski definition) is 4. The van der Waals surface area contributed by atoms with Gasteiger partial charge >= 0.3 is 5.97 Å². The summed E-state index contributed by atoms with van der Waals surface area (Å²) in [6, 6.07) is 13.7. The van der Waals surface area contributed by atoms with Crippen molar-refractivity contribution in [2.45, 2.75) is 19.6 Å². The van der Waals surface area contributed by atoms with Crippen LogP contribution in [0.15, 0.2) is 42.5 Å². The maximum absolute atomic E-state index is 10.6. The molecule has 100 valence electrons. The summed E-state index contributed by atoms with van der Waals surface area (Å²) < 4.78 is 0. The van der Waals surface area contributed by atoms with Crippen molar-refractivity contribution in [1.82, 2.24) is 5.48 Å². The molecular formula is C14H15NO3S. The summed E-state index contributed by atoms with van der Waals surface area (Å²) in [7, 11) is 0. The van der Waals surface area contributed by atoms with Crippen molar-refractivity contribution in [3.05, 3.63) is 57.8 Å². The average molecular weight is 277 g/mol. The molecule has 0 atom stereocenters. The second kappa shape index (κ2) is 7.04. The lowest BCUT2D eigenvalue weighted by molar-refractivity contribution is -0.136. The topological polar surface area (TPSA) is 58.6 Å². The fraction of sp³-hybridized carbons (Fsp3) is 0.214. The quantitative estimate of drug-likeness (QED) is 0.603. The standard InChI is InChI=1S/C14H15NO3S/c16-14(17)8-12-6-7-13(19-12)9-15-18-10-11-4-2-1-3-5-11/h1-7,15H,8-10H2,(H,16,17). The predicted octanol–water partition coefficient (Wildman–Crippen LogP) is 2.60. The van der Waals surface area contributed by atoms with Crippen molar-refractivity contribution in [1.29, 1.82) is 0 Å². The van der Waals surface area contributed by atoms with Crippen molar-refractivity contribution in [3.8, 4) is 0 Å². The Hall–Kier alpha value is -1.69. The zero-order chi connectivity index (χ0) is 13.5. The molecule has 0 bridgehead atoms. The molecule has 4 nitrogen and oxygen atoms in total. The second-order valence-corrected chi connectivity index (χ2v) is 5.29. The molecule has 19 heavy (non-hydrogen) atoms. The fourth-order valence-electron chi connectivity index (χ4n) is 1.59. The summed E-state index contributed by atoms with van der Waals surface area (Å²) in [6.07, 6.45) is 0.0789. The van der Waals surface area contributed by atoms with Gasteiger partial charge in [-0.3, -0.25) is 9.63 Å². The molecule has 0 saturated heterocycles. The lowest BCUT2D eigenvalue weighted by Gasteiger charge is -2.04. The third-order valence-electron chi connectivity index (χ3n) is 2.47. The van der Waals surface area contributed by atoms with E-state index in [2.05, 4.69) is 5.48 Å². The zero-order valence-electron chi connectivity index (χ0n) is 10.3. The highest BCUT2D eigenvalue weighted by Crippen LogP contribution is 2.16. The van der Waals surface area contributed by atoms with Crippen LogP contribution in [0.1, 0.15) is 15.3 Å². The third kappa shape index (κ3) is 4.82. The number of nitrogens with one attached hydrogen (secondary N) is 1. The Morgan fingerprint density at radius 2 is 1.89 bits per heavy atom. The zero-order valence-corrected chi connectivity index (χ0v) is 11.2. The van der Waals surface area contributed by atoms with Gasteiger partial charge in [0.1, 0.15) is 0 Å². The summed E-state index contributed by atoms with van der Waals surface area (Å²) in [5.74, 6) is -0.804. The van der Waals surface area contributed by atoms with Crippen LogP contribution in [-0.4, -0.2) is 11.1 Å². The lowest BCUT2D eigenvalue weighted by atomic mass is 10.2. The number of hydrogen-bond donors (Lipinski definition) is 2. The molecular weight excluding hydrogens is 262 g/mol. The van der Waals surface area contributed by atoms with E-state index < -0.39 is 5.97 Å². The Bertz CT molecular complexity index is 524. The molecule has 0 aliphatic carbocycles. The van der Waals surface area contributed by atoms with Gasteiger partial charge < -0.3 is 5.11 Å². The number of benzene rings is 1. The van der Waals surface area contributed by atoms with E-state index in [1.807, 2.05) is 42.5 Å². The second-order valence-electron chi connectivity index (χ2n) is 4.03. The molecule has 2 rings (SSSR count). The minimum absolute atomic E-state index is 0.0789. The minimum atomic E-state index is -0.804. The van der Waals surface area contributed by atoms with Gasteiger partial charge in [0.05, 0.1) is 19.6 Å². The van der Waals surface area contributed by atoms with Crippen molar-refractivity contribution >= 4 is 17.3 Å². The normalized spacial score (nSPS) is 10.5. The molecule has 0 aliphatic heterocycles. The third-order valence-corrected chi connectivity index (χ3v) is 3.56. The number of hydroxylamine groups is 1. The first kappa shape index (κ1) is 13.7. The van der Waals surface area contributed by atoms with E-state index in [-0.39, 0.29) is 6.42 Å². The Labute approximate surface area is 115 Å². The number of rotatable bonds is 7. The van der Waals surface area contributed by atoms with Gasteiger partial charge in [0.2, 0.25) is 0 Å². The van der Waals surface area contributed by atoms with Crippen LogP contribution in [0.5, 0.6) is 0 Å². The summed E-state index contributed by atoms with van der Waals surface area (Å²) in [4.78, 5) is 17.8. The number of carboxylic acid groups (broad SMARTS) is 1. The van der Waals surface area contributed by atoms with Gasteiger partial charge in [-0.1, -0.05) is 30.3 Å². The van der Waals surface area contributed by atoms with Crippen molar-refractivity contribution < 1.29 is 14.7 Å². The molecule has 0 unspecified atom stereocenters. The van der Waals surface area contributed by atoms with Crippen LogP contribution in [0.25, 0.3) is 0 Å². The van der Waals surface area contributed by atoms with Gasteiger partial charge in [0.25, 0.3) is 0 Å². The molecule has 0 spiro atoms. The van der Waals surface area contributed by atoms with E-state index in [4.69, 9.17) is 9.94 Å². The maximum Gasteiger partial charge on any atom is 0.308 e. The van der Waals surface area contributed by atoms with Crippen molar-refractivity contribution in [2.75, 3.05) is 0 Å². The van der Waals surface area contributed by atoms with Crippen LogP contribution in [0.2, 0.25) is 0 Å². The molecule has 2 aromatic rings. The van der Waals surface area contributed by atoms with Crippen LogP contribution in [0, 0.1) is 0 Å². The molecule has 0 fully saturated rings. The Morgan fingerprint density at radius 1 is 1.16 bits per heavy atom.